The van der Waals surface area contributed by atoms with E-state index >= 15 is 0 Å². The maximum absolute atomic E-state index is 8.64. The molecule has 0 spiro atoms. The SMILES string of the molecule is C=C(C)CNc1cccc(C#N)c1. The molecule has 0 bridgehead atoms. The van der Waals surface area contributed by atoms with E-state index in [1.54, 1.807) is 6.07 Å². The van der Waals surface area contributed by atoms with E-state index in [0.717, 1.165) is 17.8 Å². The van der Waals surface area contributed by atoms with Gasteiger partial charge in [-0.3, -0.25) is 0 Å². The third kappa shape index (κ3) is 3.00. The largest absolute Gasteiger partial charge is 0.381 e. The Balaban J connectivity index is 2.68. The summed E-state index contributed by atoms with van der Waals surface area (Å²) in [5.74, 6) is 0. The van der Waals surface area contributed by atoms with Crippen LogP contribution in [0.2, 0.25) is 0 Å². The molecule has 0 fully saturated rings. The van der Waals surface area contributed by atoms with Crippen molar-refractivity contribution in [2.24, 2.45) is 0 Å². The van der Waals surface area contributed by atoms with Gasteiger partial charge in [0.15, 0.2) is 0 Å². The van der Waals surface area contributed by atoms with E-state index < -0.39 is 0 Å². The van der Waals surface area contributed by atoms with Crippen molar-refractivity contribution in [1.82, 2.24) is 0 Å². The molecule has 2 heteroatoms. The highest BCUT2D eigenvalue weighted by Crippen LogP contribution is 2.09. The van der Waals surface area contributed by atoms with Gasteiger partial charge in [-0.05, 0) is 25.1 Å². The number of anilines is 1. The van der Waals surface area contributed by atoms with Gasteiger partial charge in [-0.15, -0.1) is 0 Å². The number of nitrogens with one attached hydrogen (secondary N) is 1. The summed E-state index contributed by atoms with van der Waals surface area (Å²) < 4.78 is 0. The van der Waals surface area contributed by atoms with Crippen molar-refractivity contribution in [3.63, 3.8) is 0 Å². The van der Waals surface area contributed by atoms with E-state index in [1.807, 2.05) is 25.1 Å². The summed E-state index contributed by atoms with van der Waals surface area (Å²) in [6.45, 7) is 6.49. The van der Waals surface area contributed by atoms with Gasteiger partial charge in [0.1, 0.15) is 0 Å². The van der Waals surface area contributed by atoms with Gasteiger partial charge >= 0.3 is 0 Å². The van der Waals surface area contributed by atoms with Gasteiger partial charge in [0.25, 0.3) is 0 Å². The lowest BCUT2D eigenvalue weighted by molar-refractivity contribution is 1.22. The first kappa shape index (κ1) is 9.34. The zero-order chi connectivity index (χ0) is 9.68. The Morgan fingerprint density at radius 2 is 2.38 bits per heavy atom. The van der Waals surface area contributed by atoms with Crippen molar-refractivity contribution in [3.05, 3.63) is 42.0 Å². The first-order valence-electron chi connectivity index (χ1n) is 4.11. The topological polar surface area (TPSA) is 35.8 Å². The maximum Gasteiger partial charge on any atom is 0.0992 e. The molecule has 0 radical (unpaired) electrons. The number of benzene rings is 1. The Labute approximate surface area is 78.5 Å². The molecule has 0 aliphatic heterocycles. The van der Waals surface area contributed by atoms with Crippen molar-refractivity contribution in [2.75, 3.05) is 11.9 Å². The molecular weight excluding hydrogens is 160 g/mol. The lowest BCUT2D eigenvalue weighted by atomic mass is 10.2. The summed E-state index contributed by atoms with van der Waals surface area (Å²) in [6.07, 6.45) is 0. The van der Waals surface area contributed by atoms with Crippen LogP contribution in [0, 0.1) is 11.3 Å². The summed E-state index contributed by atoms with van der Waals surface area (Å²) in [5, 5.41) is 11.8. The predicted molar refractivity (Wildman–Crippen MR) is 54.5 cm³/mol. The second-order valence-corrected chi connectivity index (χ2v) is 3.00. The van der Waals surface area contributed by atoms with Crippen LogP contribution < -0.4 is 5.32 Å². The van der Waals surface area contributed by atoms with Gasteiger partial charge in [-0.1, -0.05) is 18.2 Å². The monoisotopic (exact) mass is 172 g/mol. The molecule has 0 aliphatic rings. The Kier molecular flexibility index (Phi) is 3.10. The highest BCUT2D eigenvalue weighted by Gasteiger charge is 1.93. The fourth-order valence-corrected chi connectivity index (χ4v) is 0.952. The summed E-state index contributed by atoms with van der Waals surface area (Å²) in [7, 11) is 0. The van der Waals surface area contributed by atoms with Crippen LogP contribution in [0.3, 0.4) is 0 Å². The molecule has 0 aromatic heterocycles. The minimum atomic E-state index is 0.673. The molecule has 1 rings (SSSR count). The van der Waals surface area contributed by atoms with E-state index in [9.17, 15) is 0 Å². The molecule has 0 aliphatic carbocycles. The van der Waals surface area contributed by atoms with Crippen molar-refractivity contribution in [2.45, 2.75) is 6.92 Å². The average Bonchev–Trinajstić information content (AvgIpc) is 2.15. The quantitative estimate of drug-likeness (QED) is 0.711. The van der Waals surface area contributed by atoms with Crippen LogP contribution in [0.15, 0.2) is 36.4 Å². The van der Waals surface area contributed by atoms with Crippen LogP contribution in [0.25, 0.3) is 0 Å². The first-order valence-corrected chi connectivity index (χ1v) is 4.11. The third-order valence-corrected chi connectivity index (χ3v) is 1.59. The Morgan fingerprint density at radius 3 is 3.00 bits per heavy atom. The van der Waals surface area contributed by atoms with Gasteiger partial charge in [0.2, 0.25) is 0 Å². The summed E-state index contributed by atoms with van der Waals surface area (Å²) in [6, 6.07) is 9.49. The Morgan fingerprint density at radius 1 is 1.62 bits per heavy atom. The second kappa shape index (κ2) is 4.32. The minimum Gasteiger partial charge on any atom is -0.381 e. The Hall–Kier alpha value is -1.75. The average molecular weight is 172 g/mol. The molecule has 0 saturated heterocycles. The van der Waals surface area contributed by atoms with E-state index in [-0.39, 0.29) is 0 Å². The van der Waals surface area contributed by atoms with Crippen LogP contribution in [-0.2, 0) is 0 Å². The predicted octanol–water partition coefficient (Wildman–Crippen LogP) is 2.55. The van der Waals surface area contributed by atoms with E-state index in [2.05, 4.69) is 18.0 Å². The van der Waals surface area contributed by atoms with Crippen LogP contribution in [0.1, 0.15) is 12.5 Å². The summed E-state index contributed by atoms with van der Waals surface area (Å²) in [4.78, 5) is 0. The van der Waals surface area contributed by atoms with Gasteiger partial charge < -0.3 is 5.32 Å². The molecular formula is C11H12N2. The standard InChI is InChI=1S/C11H12N2/c1-9(2)8-13-11-5-3-4-10(6-11)7-12/h3-6,13H,1,8H2,2H3. The van der Waals surface area contributed by atoms with Gasteiger partial charge in [0.05, 0.1) is 11.6 Å². The van der Waals surface area contributed by atoms with Crippen molar-refractivity contribution >= 4 is 5.69 Å². The fraction of sp³-hybridized carbons (Fsp3) is 0.182. The first-order chi connectivity index (χ1) is 6.22. The molecule has 0 amide bonds. The Bertz CT molecular complexity index is 347. The van der Waals surface area contributed by atoms with Crippen molar-refractivity contribution in [1.29, 1.82) is 5.26 Å². The smallest absolute Gasteiger partial charge is 0.0992 e. The lowest BCUT2D eigenvalue weighted by Gasteiger charge is -2.05. The van der Waals surface area contributed by atoms with Gasteiger partial charge in [-0.25, -0.2) is 0 Å². The highest BCUT2D eigenvalue weighted by molar-refractivity contribution is 5.49. The number of nitrogens with zero attached hydrogens (tertiary/aromatic N) is 1. The zero-order valence-electron chi connectivity index (χ0n) is 7.67. The van der Waals surface area contributed by atoms with E-state index in [0.29, 0.717) is 5.56 Å². The van der Waals surface area contributed by atoms with Gasteiger partial charge in [0, 0.05) is 12.2 Å². The van der Waals surface area contributed by atoms with Gasteiger partial charge in [-0.2, -0.15) is 5.26 Å². The number of rotatable bonds is 3. The zero-order valence-corrected chi connectivity index (χ0v) is 7.67. The van der Waals surface area contributed by atoms with Crippen molar-refractivity contribution < 1.29 is 0 Å². The minimum absolute atomic E-state index is 0.673. The molecule has 13 heavy (non-hydrogen) atoms. The van der Waals surface area contributed by atoms with E-state index in [1.165, 1.54) is 0 Å². The van der Waals surface area contributed by atoms with Crippen LogP contribution in [0.5, 0.6) is 0 Å². The highest BCUT2D eigenvalue weighted by atomic mass is 14.9. The number of hydrogen-bond acceptors (Lipinski definition) is 2. The molecule has 0 atom stereocenters. The van der Waals surface area contributed by atoms with Crippen molar-refractivity contribution in [3.8, 4) is 6.07 Å². The molecule has 0 unspecified atom stereocenters. The number of hydrogen-bond donors (Lipinski definition) is 1. The van der Waals surface area contributed by atoms with Crippen LogP contribution in [0.4, 0.5) is 5.69 Å². The summed E-state index contributed by atoms with van der Waals surface area (Å²) in [5.41, 5.74) is 2.70. The molecule has 0 saturated carbocycles. The normalized spacial score (nSPS) is 8.92. The molecule has 1 N–H and O–H groups in total. The second-order valence-electron chi connectivity index (χ2n) is 3.00. The number of nitriles is 1. The molecule has 2 nitrogen and oxygen atoms in total. The molecule has 1 aromatic carbocycles. The molecule has 66 valence electrons. The third-order valence-electron chi connectivity index (χ3n) is 1.59. The fourth-order valence-electron chi connectivity index (χ4n) is 0.952. The lowest BCUT2D eigenvalue weighted by Crippen LogP contribution is -2.01. The van der Waals surface area contributed by atoms with Crippen LogP contribution in [-0.4, -0.2) is 6.54 Å². The maximum atomic E-state index is 8.64. The van der Waals surface area contributed by atoms with E-state index in [4.69, 9.17) is 5.26 Å². The summed E-state index contributed by atoms with van der Waals surface area (Å²) >= 11 is 0. The molecule has 0 heterocycles. The van der Waals surface area contributed by atoms with Crippen LogP contribution >= 0.6 is 0 Å². The molecule has 1 aromatic rings.